The number of nitrogens with zero attached hydrogens (tertiary/aromatic N) is 2. The zero-order chi connectivity index (χ0) is 13.7. The highest BCUT2D eigenvalue weighted by Crippen LogP contribution is 2.26. The van der Waals surface area contributed by atoms with Gasteiger partial charge in [0, 0.05) is 24.4 Å². The molecule has 1 aromatic heterocycles. The lowest BCUT2D eigenvalue weighted by Crippen LogP contribution is -2.34. The van der Waals surface area contributed by atoms with Crippen molar-refractivity contribution in [3.8, 4) is 0 Å². The molecule has 1 fully saturated rings. The first kappa shape index (κ1) is 14.3. The van der Waals surface area contributed by atoms with Crippen LogP contribution in [0.1, 0.15) is 41.8 Å². The van der Waals surface area contributed by atoms with Crippen LogP contribution in [0.2, 0.25) is 0 Å². The smallest absolute Gasteiger partial charge is 0.188 e. The third kappa shape index (κ3) is 4.20. The van der Waals surface area contributed by atoms with Crippen molar-refractivity contribution in [1.29, 1.82) is 0 Å². The number of aliphatic imine (C=N–C) groups is 1. The Balaban J connectivity index is 1.69. The van der Waals surface area contributed by atoms with E-state index < -0.39 is 0 Å². The van der Waals surface area contributed by atoms with Gasteiger partial charge in [0.15, 0.2) is 5.96 Å². The molecule has 0 aromatic carbocycles. The summed E-state index contributed by atoms with van der Waals surface area (Å²) >= 11 is 1.79. The standard InChI is InChI=1S/C14H24N4S/c1-3-12-10(2)19-13(18-12)7-8-16-14(15)17-9-11-5-4-6-11/h11H,3-9H2,1-2H3,(H3,15,16,17). The summed E-state index contributed by atoms with van der Waals surface area (Å²) in [6, 6.07) is 0. The second kappa shape index (κ2) is 6.89. The lowest BCUT2D eigenvalue weighted by atomic mass is 9.86. The van der Waals surface area contributed by atoms with Gasteiger partial charge in [0.05, 0.1) is 10.7 Å². The normalized spacial score (nSPS) is 16.4. The van der Waals surface area contributed by atoms with Crippen LogP contribution in [0.5, 0.6) is 0 Å². The molecular weight excluding hydrogens is 256 g/mol. The first-order chi connectivity index (χ1) is 9.19. The molecule has 106 valence electrons. The van der Waals surface area contributed by atoms with Gasteiger partial charge in [-0.05, 0) is 32.1 Å². The third-order valence-electron chi connectivity index (χ3n) is 3.66. The monoisotopic (exact) mass is 280 g/mol. The molecule has 1 saturated carbocycles. The van der Waals surface area contributed by atoms with E-state index >= 15 is 0 Å². The molecule has 0 saturated heterocycles. The molecule has 0 unspecified atom stereocenters. The Hall–Kier alpha value is -1.10. The summed E-state index contributed by atoms with van der Waals surface area (Å²) < 4.78 is 0. The molecule has 0 spiro atoms. The van der Waals surface area contributed by atoms with E-state index in [-0.39, 0.29) is 0 Å². The van der Waals surface area contributed by atoms with Gasteiger partial charge in [0.1, 0.15) is 0 Å². The van der Waals surface area contributed by atoms with Gasteiger partial charge in [-0.1, -0.05) is 13.3 Å². The predicted molar refractivity (Wildman–Crippen MR) is 81.8 cm³/mol. The summed E-state index contributed by atoms with van der Waals surface area (Å²) in [7, 11) is 0. The summed E-state index contributed by atoms with van der Waals surface area (Å²) in [5.74, 6) is 1.35. The molecule has 0 atom stereocenters. The maximum atomic E-state index is 5.85. The molecule has 4 nitrogen and oxygen atoms in total. The van der Waals surface area contributed by atoms with Crippen LogP contribution in [0, 0.1) is 12.8 Å². The number of aryl methyl sites for hydroxylation is 2. The first-order valence-corrected chi connectivity index (χ1v) is 7.99. The summed E-state index contributed by atoms with van der Waals surface area (Å²) in [5.41, 5.74) is 7.08. The number of hydrogen-bond donors (Lipinski definition) is 2. The lowest BCUT2D eigenvalue weighted by Gasteiger charge is -2.23. The molecule has 0 amide bonds. The third-order valence-corrected chi connectivity index (χ3v) is 4.73. The van der Waals surface area contributed by atoms with Gasteiger partial charge in [0.2, 0.25) is 0 Å². The Morgan fingerprint density at radius 3 is 2.89 bits per heavy atom. The Bertz CT molecular complexity index is 435. The number of thiazole rings is 1. The van der Waals surface area contributed by atoms with Gasteiger partial charge in [-0.25, -0.2) is 4.98 Å². The van der Waals surface area contributed by atoms with Gasteiger partial charge in [0.25, 0.3) is 0 Å². The topological polar surface area (TPSA) is 63.3 Å². The number of nitrogens with two attached hydrogens (primary N) is 1. The predicted octanol–water partition coefficient (Wildman–Crippen LogP) is 2.26. The summed E-state index contributed by atoms with van der Waals surface area (Å²) in [6.07, 6.45) is 5.92. The van der Waals surface area contributed by atoms with Crippen LogP contribution in [-0.4, -0.2) is 24.0 Å². The Labute approximate surface area is 119 Å². The molecule has 3 N–H and O–H groups in total. The minimum absolute atomic E-state index is 0.580. The van der Waals surface area contributed by atoms with Crippen LogP contribution >= 0.6 is 11.3 Å². The van der Waals surface area contributed by atoms with Crippen molar-refractivity contribution in [1.82, 2.24) is 10.3 Å². The fourth-order valence-electron chi connectivity index (χ4n) is 2.18. The first-order valence-electron chi connectivity index (χ1n) is 7.18. The van der Waals surface area contributed by atoms with E-state index in [1.165, 1.54) is 34.8 Å². The van der Waals surface area contributed by atoms with Gasteiger partial charge < -0.3 is 11.1 Å². The fourth-order valence-corrected chi connectivity index (χ4v) is 3.20. The van der Waals surface area contributed by atoms with E-state index in [4.69, 9.17) is 5.73 Å². The van der Waals surface area contributed by atoms with Crippen LogP contribution in [0.25, 0.3) is 0 Å². The molecule has 0 bridgehead atoms. The second-order valence-electron chi connectivity index (χ2n) is 5.16. The second-order valence-corrected chi connectivity index (χ2v) is 6.45. The van der Waals surface area contributed by atoms with Gasteiger partial charge in [-0.3, -0.25) is 4.99 Å². The zero-order valence-corrected chi connectivity index (χ0v) is 12.7. The van der Waals surface area contributed by atoms with Gasteiger partial charge in [-0.2, -0.15) is 0 Å². The van der Waals surface area contributed by atoms with Crippen molar-refractivity contribution in [3.05, 3.63) is 15.6 Å². The maximum Gasteiger partial charge on any atom is 0.188 e. The highest BCUT2D eigenvalue weighted by Gasteiger charge is 2.16. The molecule has 2 rings (SSSR count). The molecule has 0 radical (unpaired) electrons. The van der Waals surface area contributed by atoms with E-state index in [1.807, 2.05) is 0 Å². The Morgan fingerprint density at radius 1 is 1.53 bits per heavy atom. The van der Waals surface area contributed by atoms with Crippen molar-refractivity contribution in [2.45, 2.75) is 46.0 Å². The highest BCUT2D eigenvalue weighted by atomic mass is 32.1. The Kier molecular flexibility index (Phi) is 5.19. The number of hydrogen-bond acceptors (Lipinski definition) is 3. The van der Waals surface area contributed by atoms with Crippen LogP contribution in [0.3, 0.4) is 0 Å². The average molecular weight is 280 g/mol. The average Bonchev–Trinajstić information content (AvgIpc) is 2.68. The summed E-state index contributed by atoms with van der Waals surface area (Å²) in [4.78, 5) is 10.3. The Morgan fingerprint density at radius 2 is 2.32 bits per heavy atom. The number of rotatable bonds is 6. The fraction of sp³-hybridized carbons (Fsp3) is 0.714. The van der Waals surface area contributed by atoms with Crippen molar-refractivity contribution in [2.75, 3.05) is 13.1 Å². The molecule has 1 aliphatic carbocycles. The SMILES string of the molecule is CCc1nc(CCNC(N)=NCC2CCC2)sc1C. The van der Waals surface area contributed by atoms with Crippen LogP contribution in [0.4, 0.5) is 0 Å². The zero-order valence-electron chi connectivity index (χ0n) is 11.9. The van der Waals surface area contributed by atoms with Crippen molar-refractivity contribution in [2.24, 2.45) is 16.6 Å². The van der Waals surface area contributed by atoms with E-state index in [9.17, 15) is 0 Å². The van der Waals surface area contributed by atoms with Crippen molar-refractivity contribution in [3.63, 3.8) is 0 Å². The van der Waals surface area contributed by atoms with Gasteiger partial charge >= 0.3 is 0 Å². The van der Waals surface area contributed by atoms with Crippen LogP contribution in [-0.2, 0) is 12.8 Å². The molecule has 1 heterocycles. The van der Waals surface area contributed by atoms with Crippen molar-refractivity contribution < 1.29 is 0 Å². The van der Waals surface area contributed by atoms with E-state index in [0.29, 0.717) is 5.96 Å². The minimum Gasteiger partial charge on any atom is -0.370 e. The number of aromatic nitrogens is 1. The summed E-state index contributed by atoms with van der Waals surface area (Å²) in [5, 5.41) is 4.36. The largest absolute Gasteiger partial charge is 0.370 e. The van der Waals surface area contributed by atoms with E-state index in [2.05, 4.69) is 29.1 Å². The maximum absolute atomic E-state index is 5.85. The number of guanidine groups is 1. The van der Waals surface area contributed by atoms with Crippen LogP contribution < -0.4 is 11.1 Å². The lowest BCUT2D eigenvalue weighted by molar-refractivity contribution is 0.326. The minimum atomic E-state index is 0.580. The molecule has 1 aromatic rings. The molecule has 19 heavy (non-hydrogen) atoms. The molecular formula is C14H24N4S. The molecule has 1 aliphatic rings. The molecule has 5 heteroatoms. The highest BCUT2D eigenvalue weighted by molar-refractivity contribution is 7.11. The van der Waals surface area contributed by atoms with Crippen molar-refractivity contribution >= 4 is 17.3 Å². The van der Waals surface area contributed by atoms with Gasteiger partial charge in [-0.15, -0.1) is 11.3 Å². The van der Waals surface area contributed by atoms with Crippen LogP contribution in [0.15, 0.2) is 4.99 Å². The number of nitrogens with one attached hydrogen (secondary N) is 1. The quantitative estimate of drug-likeness (QED) is 0.620. The van der Waals surface area contributed by atoms with E-state index in [0.717, 1.165) is 31.8 Å². The van der Waals surface area contributed by atoms with E-state index in [1.54, 1.807) is 11.3 Å². The summed E-state index contributed by atoms with van der Waals surface area (Å²) in [6.45, 7) is 5.99. The molecule has 0 aliphatic heterocycles.